The molecule has 2 saturated heterocycles. The third-order valence-corrected chi connectivity index (χ3v) is 16.2. The lowest BCUT2D eigenvalue weighted by Gasteiger charge is -2.29. The largest absolute Gasteiger partial charge is 0.444 e. The number of amides is 2. The summed E-state index contributed by atoms with van der Waals surface area (Å²) in [6.07, 6.45) is 6.70. The number of ether oxygens (including phenoxy) is 4. The van der Waals surface area contributed by atoms with E-state index in [1.54, 1.807) is 0 Å². The number of imidazole rings is 2. The van der Waals surface area contributed by atoms with E-state index in [1.807, 2.05) is 63.7 Å². The Balaban J connectivity index is 1.22. The Labute approximate surface area is 390 Å². The Morgan fingerprint density at radius 3 is 1.38 bits per heavy atom. The van der Waals surface area contributed by atoms with Crippen LogP contribution in [0.1, 0.15) is 116 Å². The highest BCUT2D eigenvalue weighted by molar-refractivity contribution is 6.76. The minimum atomic E-state index is -1.31. The molecule has 65 heavy (non-hydrogen) atoms. The van der Waals surface area contributed by atoms with Gasteiger partial charge >= 0.3 is 12.2 Å². The predicted octanol–water partition coefficient (Wildman–Crippen LogP) is 12.5. The van der Waals surface area contributed by atoms with Crippen LogP contribution in [-0.4, -0.2) is 94.7 Å². The standard InChI is InChI=1S/C51H76N6O6Si2/c1-49(2,3)62-47(58)54-23-15-17-41(54)45-52-31-43(56(45)33-60-25-27-64(9,10)11)35-19-21-37-38-22-20-36(30-40(38)51(7,8)39(37)29-35)44-32-53-46(57(44)34-61-26-28-65(12,13)14)42-18-16-24-55(42)48(59)63-50(4,5)6/h19-22,29-32,41-42H,15-18,23-28,33-34H2,1-14H3/t41-,42-/m0/s1. The van der Waals surface area contributed by atoms with Crippen LogP contribution in [-0.2, 0) is 37.8 Å². The van der Waals surface area contributed by atoms with E-state index in [9.17, 15) is 9.59 Å². The lowest BCUT2D eigenvalue weighted by atomic mass is 9.81. The van der Waals surface area contributed by atoms with Gasteiger partial charge in [0.2, 0.25) is 0 Å². The summed E-state index contributed by atoms with van der Waals surface area (Å²) in [7, 11) is -2.63. The molecule has 0 N–H and O–H groups in total. The van der Waals surface area contributed by atoms with Crippen molar-refractivity contribution in [2.75, 3.05) is 26.3 Å². The molecule has 7 rings (SSSR count). The van der Waals surface area contributed by atoms with E-state index in [1.165, 1.54) is 22.3 Å². The Hall–Kier alpha value is -4.25. The number of benzene rings is 2. The summed E-state index contributed by atoms with van der Waals surface area (Å²) >= 11 is 0. The molecule has 4 heterocycles. The number of fused-ring (bicyclic) bond motifs is 3. The molecular formula is C51H76N6O6Si2. The zero-order valence-corrected chi connectivity index (χ0v) is 43.9. The number of carbonyl (C=O) groups excluding carboxylic acids is 2. The number of nitrogens with zero attached hydrogens (tertiary/aromatic N) is 6. The quantitative estimate of drug-likeness (QED) is 0.0907. The summed E-state index contributed by atoms with van der Waals surface area (Å²) in [5.41, 5.74) is 7.48. The van der Waals surface area contributed by atoms with Gasteiger partial charge in [0, 0.05) is 59.0 Å². The molecule has 4 aromatic rings. The maximum Gasteiger partial charge on any atom is 0.410 e. The van der Waals surface area contributed by atoms with Crippen molar-refractivity contribution in [2.24, 2.45) is 0 Å². The Morgan fingerprint density at radius 1 is 0.646 bits per heavy atom. The summed E-state index contributed by atoms with van der Waals surface area (Å²) in [6.45, 7) is 33.6. The molecule has 2 amide bonds. The van der Waals surface area contributed by atoms with Crippen molar-refractivity contribution in [3.8, 4) is 33.6 Å². The number of carbonyl (C=O) groups is 2. The van der Waals surface area contributed by atoms with Crippen LogP contribution in [0.4, 0.5) is 9.59 Å². The summed E-state index contributed by atoms with van der Waals surface area (Å²) in [5.74, 6) is 1.66. The topological polar surface area (TPSA) is 113 Å². The molecule has 14 heteroatoms. The molecule has 2 fully saturated rings. The molecule has 2 aliphatic heterocycles. The Bertz CT molecular complexity index is 2200. The fourth-order valence-corrected chi connectivity index (χ4v) is 10.8. The van der Waals surface area contributed by atoms with Crippen molar-refractivity contribution in [3.63, 3.8) is 0 Å². The summed E-state index contributed by atoms with van der Waals surface area (Å²) < 4.78 is 29.0. The third-order valence-electron chi connectivity index (χ3n) is 12.8. The van der Waals surface area contributed by atoms with E-state index in [0.717, 1.165) is 71.9 Å². The minimum Gasteiger partial charge on any atom is -0.444 e. The molecule has 2 aromatic heterocycles. The van der Waals surface area contributed by atoms with Crippen LogP contribution in [0.15, 0.2) is 48.8 Å². The zero-order chi connectivity index (χ0) is 47.3. The van der Waals surface area contributed by atoms with Gasteiger partial charge in [-0.15, -0.1) is 0 Å². The van der Waals surface area contributed by atoms with Crippen molar-refractivity contribution in [3.05, 3.63) is 71.6 Å². The van der Waals surface area contributed by atoms with E-state index < -0.39 is 27.3 Å². The van der Waals surface area contributed by atoms with Crippen LogP contribution in [0.5, 0.6) is 0 Å². The van der Waals surface area contributed by atoms with E-state index in [2.05, 4.69) is 98.7 Å². The predicted molar refractivity (Wildman–Crippen MR) is 264 cm³/mol. The number of hydrogen-bond donors (Lipinski definition) is 0. The summed E-state index contributed by atoms with van der Waals surface area (Å²) in [6, 6.07) is 15.3. The number of hydrogen-bond acceptors (Lipinski definition) is 8. The molecule has 0 radical (unpaired) electrons. The minimum absolute atomic E-state index is 0.207. The van der Waals surface area contributed by atoms with Gasteiger partial charge in [0.05, 0.1) is 35.9 Å². The molecule has 2 aromatic carbocycles. The van der Waals surface area contributed by atoms with Crippen LogP contribution < -0.4 is 0 Å². The molecule has 0 bridgehead atoms. The third kappa shape index (κ3) is 11.1. The van der Waals surface area contributed by atoms with Gasteiger partial charge in [-0.2, -0.15) is 0 Å². The van der Waals surface area contributed by atoms with Crippen molar-refractivity contribution < 1.29 is 28.5 Å². The highest BCUT2D eigenvalue weighted by Gasteiger charge is 2.40. The molecule has 3 aliphatic rings. The SMILES string of the molecule is CC(C)(C)OC(=O)N1CCC[C@H]1c1ncc(-c2ccc3c(c2)C(C)(C)c2cc(-c4cnc([C@@H]5CCCN5C(=O)OC(C)(C)C)n4COCC[Si](C)(C)C)ccc2-3)n1COCC[Si](C)(C)C. The molecule has 0 spiro atoms. The van der Waals surface area contributed by atoms with E-state index in [0.29, 0.717) is 39.8 Å². The molecule has 0 unspecified atom stereocenters. The van der Waals surface area contributed by atoms with Crippen molar-refractivity contribution in [1.29, 1.82) is 0 Å². The first-order chi connectivity index (χ1) is 30.3. The van der Waals surface area contributed by atoms with Crippen LogP contribution in [0.2, 0.25) is 51.4 Å². The van der Waals surface area contributed by atoms with E-state index >= 15 is 0 Å². The van der Waals surface area contributed by atoms with Gasteiger partial charge in [0.1, 0.15) is 36.3 Å². The normalized spacial score (nSPS) is 18.6. The highest BCUT2D eigenvalue weighted by Crippen LogP contribution is 2.51. The molecule has 354 valence electrons. The van der Waals surface area contributed by atoms with Gasteiger partial charge in [0.25, 0.3) is 0 Å². The van der Waals surface area contributed by atoms with Crippen molar-refractivity contribution in [1.82, 2.24) is 28.9 Å². The average molecular weight is 925 g/mol. The van der Waals surface area contributed by atoms with Gasteiger partial charge in [-0.3, -0.25) is 9.80 Å². The van der Waals surface area contributed by atoms with Gasteiger partial charge in [0.15, 0.2) is 0 Å². The first kappa shape index (κ1) is 48.7. The van der Waals surface area contributed by atoms with Crippen LogP contribution in [0.3, 0.4) is 0 Å². The highest BCUT2D eigenvalue weighted by atomic mass is 28.3. The van der Waals surface area contributed by atoms with Crippen molar-refractivity contribution >= 4 is 28.3 Å². The van der Waals surface area contributed by atoms with Crippen molar-refractivity contribution in [2.45, 2.75) is 175 Å². The summed E-state index contributed by atoms with van der Waals surface area (Å²) in [4.78, 5) is 40.8. The van der Waals surface area contributed by atoms with Gasteiger partial charge in [-0.1, -0.05) is 77.4 Å². The van der Waals surface area contributed by atoms with E-state index in [4.69, 9.17) is 28.9 Å². The molecular weight excluding hydrogens is 849 g/mol. The first-order valence-electron chi connectivity index (χ1n) is 23.9. The second-order valence-corrected chi connectivity index (χ2v) is 34.6. The van der Waals surface area contributed by atoms with E-state index in [-0.39, 0.29) is 29.7 Å². The van der Waals surface area contributed by atoms with Crippen LogP contribution in [0.25, 0.3) is 33.6 Å². The molecule has 0 saturated carbocycles. The lowest BCUT2D eigenvalue weighted by molar-refractivity contribution is 0.0195. The number of aromatic nitrogens is 4. The fourth-order valence-electron chi connectivity index (χ4n) is 9.32. The second-order valence-electron chi connectivity index (χ2n) is 23.4. The summed E-state index contributed by atoms with van der Waals surface area (Å²) in [5, 5.41) is 0. The van der Waals surface area contributed by atoms with Gasteiger partial charge in [-0.25, -0.2) is 19.6 Å². The Morgan fingerprint density at radius 2 is 1.03 bits per heavy atom. The molecule has 2 atom stereocenters. The monoisotopic (exact) mass is 925 g/mol. The number of likely N-dealkylation sites (tertiary alicyclic amines) is 2. The number of rotatable bonds is 14. The second kappa shape index (κ2) is 18.4. The maximum absolute atomic E-state index is 13.5. The van der Waals surface area contributed by atoms with Crippen LogP contribution in [0, 0.1) is 0 Å². The molecule has 1 aliphatic carbocycles. The first-order valence-corrected chi connectivity index (χ1v) is 31.3. The zero-order valence-electron chi connectivity index (χ0n) is 41.9. The lowest BCUT2D eigenvalue weighted by Crippen LogP contribution is -2.37. The smallest absolute Gasteiger partial charge is 0.410 e. The fraction of sp³-hybridized carbons (Fsp3) is 0.608. The molecule has 12 nitrogen and oxygen atoms in total. The van der Waals surface area contributed by atoms with Crippen LogP contribution >= 0.6 is 0 Å². The Kier molecular flexibility index (Phi) is 13.8. The average Bonchev–Trinajstić information content (AvgIpc) is 4.03. The maximum atomic E-state index is 13.5. The van der Waals surface area contributed by atoms with Gasteiger partial charge < -0.3 is 28.1 Å². The van der Waals surface area contributed by atoms with Gasteiger partial charge in [-0.05, 0) is 114 Å².